The molecule has 6 heteroatoms. The predicted molar refractivity (Wildman–Crippen MR) is 68.7 cm³/mol. The van der Waals surface area contributed by atoms with Crippen molar-refractivity contribution in [3.63, 3.8) is 0 Å². The molecule has 1 aromatic carbocycles. The summed E-state index contributed by atoms with van der Waals surface area (Å²) in [4.78, 5) is -0.0542. The number of hydrogen-bond donors (Lipinski definition) is 1. The zero-order valence-electron chi connectivity index (χ0n) is 9.70. The summed E-state index contributed by atoms with van der Waals surface area (Å²) in [5.74, 6) is -0.332. The molecule has 3 nitrogen and oxygen atoms in total. The molecule has 0 spiro atoms. The van der Waals surface area contributed by atoms with Crippen molar-refractivity contribution < 1.29 is 12.8 Å². The van der Waals surface area contributed by atoms with Crippen molar-refractivity contribution in [1.82, 2.24) is 4.72 Å². The highest BCUT2D eigenvalue weighted by molar-refractivity contribution is 9.10. The lowest BCUT2D eigenvalue weighted by Gasteiger charge is -2.11. The van der Waals surface area contributed by atoms with Crippen LogP contribution in [0.5, 0.6) is 0 Å². The van der Waals surface area contributed by atoms with Gasteiger partial charge in [0, 0.05) is 6.54 Å². The van der Waals surface area contributed by atoms with Crippen LogP contribution in [0.1, 0.15) is 20.3 Å². The van der Waals surface area contributed by atoms with E-state index in [9.17, 15) is 12.8 Å². The standard InChI is InChI=1S/C11H15BrFNO2S/c1-3-8(2)7-14-17(15,16)9-4-5-10(12)11(13)6-9/h4-6,8,14H,3,7H2,1-2H3. The molecule has 0 aliphatic heterocycles. The molecule has 0 saturated heterocycles. The quantitative estimate of drug-likeness (QED) is 0.905. The van der Waals surface area contributed by atoms with Gasteiger partial charge in [0.2, 0.25) is 10.0 Å². The largest absolute Gasteiger partial charge is 0.240 e. The fourth-order valence-electron chi connectivity index (χ4n) is 1.12. The molecule has 0 radical (unpaired) electrons. The average Bonchev–Trinajstić information content (AvgIpc) is 2.29. The average molecular weight is 324 g/mol. The number of benzene rings is 1. The van der Waals surface area contributed by atoms with Gasteiger partial charge in [0.1, 0.15) is 5.82 Å². The summed E-state index contributed by atoms with van der Waals surface area (Å²) in [5.41, 5.74) is 0. The van der Waals surface area contributed by atoms with Crippen molar-refractivity contribution in [2.75, 3.05) is 6.54 Å². The van der Waals surface area contributed by atoms with Crippen LogP contribution in [0.3, 0.4) is 0 Å². The molecule has 0 saturated carbocycles. The van der Waals surface area contributed by atoms with Crippen LogP contribution in [0.4, 0.5) is 4.39 Å². The van der Waals surface area contributed by atoms with Gasteiger partial charge in [0.05, 0.1) is 9.37 Å². The Labute approximate surface area is 110 Å². The second-order valence-electron chi connectivity index (χ2n) is 3.94. The topological polar surface area (TPSA) is 46.2 Å². The van der Waals surface area contributed by atoms with Gasteiger partial charge in [-0.2, -0.15) is 0 Å². The fraction of sp³-hybridized carbons (Fsp3) is 0.455. The van der Waals surface area contributed by atoms with E-state index in [1.165, 1.54) is 12.1 Å². The summed E-state index contributed by atoms with van der Waals surface area (Å²) in [6.45, 7) is 4.29. The van der Waals surface area contributed by atoms with Crippen LogP contribution in [0.2, 0.25) is 0 Å². The maximum atomic E-state index is 13.2. The minimum Gasteiger partial charge on any atom is -0.211 e. The number of nitrogens with one attached hydrogen (secondary N) is 1. The van der Waals surface area contributed by atoms with E-state index in [1.807, 2.05) is 13.8 Å². The minimum absolute atomic E-state index is 0.0542. The van der Waals surface area contributed by atoms with Gasteiger partial charge < -0.3 is 0 Å². The first-order valence-electron chi connectivity index (χ1n) is 5.31. The summed E-state index contributed by atoms with van der Waals surface area (Å²) < 4.78 is 39.6. The van der Waals surface area contributed by atoms with E-state index >= 15 is 0 Å². The molecule has 0 bridgehead atoms. The Morgan fingerprint density at radius 2 is 2.12 bits per heavy atom. The van der Waals surface area contributed by atoms with Crippen molar-refractivity contribution >= 4 is 26.0 Å². The first kappa shape index (κ1) is 14.6. The normalized spacial score (nSPS) is 13.6. The van der Waals surface area contributed by atoms with Gasteiger partial charge >= 0.3 is 0 Å². The highest BCUT2D eigenvalue weighted by atomic mass is 79.9. The first-order valence-corrected chi connectivity index (χ1v) is 7.59. The van der Waals surface area contributed by atoms with Gasteiger partial charge in [-0.15, -0.1) is 0 Å². The third kappa shape index (κ3) is 4.04. The van der Waals surface area contributed by atoms with E-state index in [0.29, 0.717) is 6.54 Å². The predicted octanol–water partition coefficient (Wildman–Crippen LogP) is 2.91. The maximum Gasteiger partial charge on any atom is 0.240 e. The fourth-order valence-corrected chi connectivity index (χ4v) is 2.55. The van der Waals surface area contributed by atoms with Gasteiger partial charge in [0.15, 0.2) is 0 Å². The lowest BCUT2D eigenvalue weighted by Crippen LogP contribution is -2.28. The zero-order chi connectivity index (χ0) is 13.1. The van der Waals surface area contributed by atoms with E-state index in [1.54, 1.807) is 0 Å². The van der Waals surface area contributed by atoms with Gasteiger partial charge in [0.25, 0.3) is 0 Å². The van der Waals surface area contributed by atoms with E-state index in [4.69, 9.17) is 0 Å². The van der Waals surface area contributed by atoms with Crippen LogP contribution >= 0.6 is 15.9 Å². The Bertz CT molecular complexity index is 490. The summed E-state index contributed by atoms with van der Waals surface area (Å²) in [7, 11) is -3.62. The molecule has 1 rings (SSSR count). The van der Waals surface area contributed by atoms with Crippen molar-refractivity contribution in [3.05, 3.63) is 28.5 Å². The Morgan fingerprint density at radius 1 is 1.47 bits per heavy atom. The lowest BCUT2D eigenvalue weighted by atomic mass is 10.1. The molecule has 0 aliphatic carbocycles. The Morgan fingerprint density at radius 3 is 2.65 bits per heavy atom. The van der Waals surface area contributed by atoms with Gasteiger partial charge in [-0.1, -0.05) is 20.3 Å². The van der Waals surface area contributed by atoms with E-state index in [-0.39, 0.29) is 15.3 Å². The second-order valence-corrected chi connectivity index (χ2v) is 6.56. The molecule has 1 unspecified atom stereocenters. The molecular weight excluding hydrogens is 309 g/mol. The van der Waals surface area contributed by atoms with Crippen LogP contribution in [0, 0.1) is 11.7 Å². The molecule has 0 fully saturated rings. The molecule has 1 N–H and O–H groups in total. The summed E-state index contributed by atoms with van der Waals surface area (Å²) in [6.07, 6.45) is 0.886. The van der Waals surface area contributed by atoms with Crippen molar-refractivity contribution in [1.29, 1.82) is 0 Å². The SMILES string of the molecule is CCC(C)CNS(=O)(=O)c1ccc(Br)c(F)c1. The van der Waals surface area contributed by atoms with Crippen LogP contribution in [0.15, 0.2) is 27.6 Å². The van der Waals surface area contributed by atoms with Crippen LogP contribution < -0.4 is 4.72 Å². The molecule has 0 amide bonds. The Balaban J connectivity index is 2.86. The number of rotatable bonds is 5. The molecule has 17 heavy (non-hydrogen) atoms. The van der Waals surface area contributed by atoms with Gasteiger partial charge in [-0.25, -0.2) is 17.5 Å². The summed E-state index contributed by atoms with van der Waals surface area (Å²) >= 11 is 2.98. The summed E-state index contributed by atoms with van der Waals surface area (Å²) in [6, 6.07) is 3.75. The first-order chi connectivity index (χ1) is 7.86. The lowest BCUT2D eigenvalue weighted by molar-refractivity contribution is 0.527. The molecule has 96 valence electrons. The number of hydrogen-bond acceptors (Lipinski definition) is 2. The molecule has 0 aliphatic rings. The Kier molecular flexibility index (Phi) is 5.09. The third-order valence-electron chi connectivity index (χ3n) is 2.52. The van der Waals surface area contributed by atoms with E-state index < -0.39 is 15.8 Å². The highest BCUT2D eigenvalue weighted by Crippen LogP contribution is 2.19. The summed E-state index contributed by atoms with van der Waals surface area (Å²) in [5, 5.41) is 0. The molecule has 0 heterocycles. The highest BCUT2D eigenvalue weighted by Gasteiger charge is 2.16. The van der Waals surface area contributed by atoms with Gasteiger partial charge in [-0.05, 0) is 40.0 Å². The van der Waals surface area contributed by atoms with E-state index in [0.717, 1.165) is 12.5 Å². The van der Waals surface area contributed by atoms with Crippen molar-refractivity contribution in [2.24, 2.45) is 5.92 Å². The third-order valence-corrected chi connectivity index (χ3v) is 4.58. The van der Waals surface area contributed by atoms with Crippen molar-refractivity contribution in [3.8, 4) is 0 Å². The molecule has 1 atom stereocenters. The van der Waals surface area contributed by atoms with Crippen LogP contribution in [-0.2, 0) is 10.0 Å². The second kappa shape index (κ2) is 5.93. The zero-order valence-corrected chi connectivity index (χ0v) is 12.1. The van der Waals surface area contributed by atoms with Crippen LogP contribution in [0.25, 0.3) is 0 Å². The van der Waals surface area contributed by atoms with Crippen LogP contribution in [-0.4, -0.2) is 15.0 Å². The van der Waals surface area contributed by atoms with Gasteiger partial charge in [-0.3, -0.25) is 0 Å². The smallest absolute Gasteiger partial charge is 0.211 e. The molecule has 0 aromatic heterocycles. The van der Waals surface area contributed by atoms with Crippen molar-refractivity contribution in [2.45, 2.75) is 25.2 Å². The minimum atomic E-state index is -3.62. The van der Waals surface area contributed by atoms with E-state index in [2.05, 4.69) is 20.7 Å². The maximum absolute atomic E-state index is 13.2. The molecule has 1 aromatic rings. The number of halogens is 2. The monoisotopic (exact) mass is 323 g/mol. The molecular formula is C11H15BrFNO2S. The Hall–Kier alpha value is -0.460. The number of sulfonamides is 1.